The lowest BCUT2D eigenvalue weighted by molar-refractivity contribution is 0.0676. The number of rotatable bonds is 6. The summed E-state index contributed by atoms with van der Waals surface area (Å²) in [5.41, 5.74) is 3.51. The van der Waals surface area contributed by atoms with Crippen molar-refractivity contribution in [2.24, 2.45) is 0 Å². The molecular weight excluding hydrogens is 302 g/mol. The van der Waals surface area contributed by atoms with Crippen LogP contribution in [0.5, 0.6) is 0 Å². The lowest BCUT2D eigenvalue weighted by Crippen LogP contribution is -2.33. The molecule has 3 aromatic rings. The summed E-state index contributed by atoms with van der Waals surface area (Å²) in [5, 5.41) is 8.05. The number of benzene rings is 2. The van der Waals surface area contributed by atoms with Gasteiger partial charge >= 0.3 is 0 Å². The molecule has 0 aliphatic carbocycles. The molecule has 124 valence electrons. The van der Waals surface area contributed by atoms with Crippen LogP contribution in [0.4, 0.5) is 0 Å². The zero-order valence-corrected chi connectivity index (χ0v) is 14.0. The van der Waals surface area contributed by atoms with E-state index in [0.29, 0.717) is 25.4 Å². The van der Waals surface area contributed by atoms with Gasteiger partial charge in [-0.25, -0.2) is 0 Å². The second kappa shape index (κ2) is 7.27. The maximum absolute atomic E-state index is 13.0. The van der Waals surface area contributed by atoms with E-state index in [-0.39, 0.29) is 5.91 Å². The summed E-state index contributed by atoms with van der Waals surface area (Å²) in [6, 6.07) is 15.9. The van der Waals surface area contributed by atoms with E-state index in [4.69, 9.17) is 4.74 Å². The number of H-pyrrole nitrogens is 1. The molecule has 1 aromatic heterocycles. The Morgan fingerprint density at radius 2 is 2.00 bits per heavy atom. The molecule has 3 rings (SSSR count). The minimum Gasteiger partial charge on any atom is -0.383 e. The summed E-state index contributed by atoms with van der Waals surface area (Å²) in [5.74, 6) is -0.0900. The molecule has 2 aromatic carbocycles. The number of amides is 1. The minimum absolute atomic E-state index is 0.0900. The van der Waals surface area contributed by atoms with Gasteiger partial charge in [0.1, 0.15) is 0 Å². The highest BCUT2D eigenvalue weighted by molar-refractivity contribution is 6.04. The molecule has 0 fully saturated rings. The smallest absolute Gasteiger partial charge is 0.275 e. The highest BCUT2D eigenvalue weighted by Crippen LogP contribution is 2.20. The molecule has 1 amide bonds. The first kappa shape index (κ1) is 16.2. The quantitative estimate of drug-likeness (QED) is 0.758. The molecule has 0 bridgehead atoms. The molecular formula is C19H21N3O2. The van der Waals surface area contributed by atoms with Crippen molar-refractivity contribution < 1.29 is 9.53 Å². The Morgan fingerprint density at radius 3 is 2.75 bits per heavy atom. The fraction of sp³-hybridized carbons (Fsp3) is 0.263. The summed E-state index contributed by atoms with van der Waals surface area (Å²) < 4.78 is 5.16. The van der Waals surface area contributed by atoms with Crippen molar-refractivity contribution in [2.45, 2.75) is 13.5 Å². The number of hydrogen-bond acceptors (Lipinski definition) is 3. The van der Waals surface area contributed by atoms with Gasteiger partial charge in [0, 0.05) is 25.6 Å². The molecule has 1 heterocycles. The van der Waals surface area contributed by atoms with Crippen LogP contribution in [-0.4, -0.2) is 41.3 Å². The molecule has 5 nitrogen and oxygen atoms in total. The third-order valence-electron chi connectivity index (χ3n) is 3.99. The fourth-order valence-electron chi connectivity index (χ4n) is 2.70. The lowest BCUT2D eigenvalue weighted by Gasteiger charge is -2.21. The van der Waals surface area contributed by atoms with Crippen molar-refractivity contribution in [3.63, 3.8) is 0 Å². The monoisotopic (exact) mass is 323 g/mol. The SMILES string of the molecule is COCCN(Cc1ccccc1)C(=O)c1n[nH]c2ccc(C)cc12. The maximum Gasteiger partial charge on any atom is 0.275 e. The molecule has 5 heteroatoms. The van der Waals surface area contributed by atoms with Gasteiger partial charge in [-0.3, -0.25) is 9.89 Å². The first-order valence-electron chi connectivity index (χ1n) is 7.96. The molecule has 0 unspecified atom stereocenters. The van der Waals surface area contributed by atoms with E-state index < -0.39 is 0 Å². The Balaban J connectivity index is 1.90. The van der Waals surface area contributed by atoms with Gasteiger partial charge in [0.2, 0.25) is 0 Å². The topological polar surface area (TPSA) is 58.2 Å². The Kier molecular flexibility index (Phi) is 4.91. The molecule has 0 atom stereocenters. The van der Waals surface area contributed by atoms with Gasteiger partial charge in [-0.05, 0) is 24.6 Å². The number of methoxy groups -OCH3 is 1. The summed E-state index contributed by atoms with van der Waals surface area (Å²) in [6.07, 6.45) is 0. The maximum atomic E-state index is 13.0. The van der Waals surface area contributed by atoms with Gasteiger partial charge in [-0.15, -0.1) is 0 Å². The third kappa shape index (κ3) is 3.46. The van der Waals surface area contributed by atoms with Crippen LogP contribution in [0.3, 0.4) is 0 Å². The molecule has 24 heavy (non-hydrogen) atoms. The van der Waals surface area contributed by atoms with Crippen molar-refractivity contribution >= 4 is 16.8 Å². The Morgan fingerprint density at radius 1 is 1.21 bits per heavy atom. The predicted octanol–water partition coefficient (Wildman–Crippen LogP) is 3.16. The largest absolute Gasteiger partial charge is 0.383 e. The number of nitrogens with zero attached hydrogens (tertiary/aromatic N) is 2. The molecule has 0 saturated heterocycles. The molecule has 0 aliphatic heterocycles. The van der Waals surface area contributed by atoms with Crippen LogP contribution in [0.25, 0.3) is 10.9 Å². The second-order valence-electron chi connectivity index (χ2n) is 5.83. The highest BCUT2D eigenvalue weighted by Gasteiger charge is 2.21. The number of fused-ring (bicyclic) bond motifs is 1. The number of ether oxygens (including phenoxy) is 1. The highest BCUT2D eigenvalue weighted by atomic mass is 16.5. The van der Waals surface area contributed by atoms with E-state index in [9.17, 15) is 4.79 Å². The van der Waals surface area contributed by atoms with Crippen LogP contribution in [0.2, 0.25) is 0 Å². The average Bonchev–Trinajstić information content (AvgIpc) is 3.02. The van der Waals surface area contributed by atoms with Crippen LogP contribution in [-0.2, 0) is 11.3 Å². The van der Waals surface area contributed by atoms with Crippen molar-refractivity contribution in [3.05, 3.63) is 65.4 Å². The molecule has 0 saturated carbocycles. The van der Waals surface area contributed by atoms with E-state index >= 15 is 0 Å². The van der Waals surface area contributed by atoms with Gasteiger partial charge in [-0.2, -0.15) is 5.10 Å². The number of hydrogen-bond donors (Lipinski definition) is 1. The molecule has 0 spiro atoms. The number of carbonyl (C=O) groups is 1. The summed E-state index contributed by atoms with van der Waals surface area (Å²) in [7, 11) is 1.64. The van der Waals surface area contributed by atoms with Gasteiger partial charge in [0.05, 0.1) is 12.1 Å². The van der Waals surface area contributed by atoms with Crippen LogP contribution in [0.15, 0.2) is 48.5 Å². The summed E-state index contributed by atoms with van der Waals surface area (Å²) in [6.45, 7) is 3.54. The standard InChI is InChI=1S/C19H21N3O2/c1-14-8-9-17-16(12-14)18(21-20-17)19(23)22(10-11-24-2)13-15-6-4-3-5-7-15/h3-9,12H,10-11,13H2,1-2H3,(H,20,21). The number of carbonyl (C=O) groups excluding carboxylic acids is 1. The van der Waals surface area contributed by atoms with E-state index in [1.807, 2.05) is 55.5 Å². The van der Waals surface area contributed by atoms with Crippen molar-refractivity contribution in [1.82, 2.24) is 15.1 Å². The number of aromatic amines is 1. The second-order valence-corrected chi connectivity index (χ2v) is 5.83. The van der Waals surface area contributed by atoms with Gasteiger partial charge in [0.25, 0.3) is 5.91 Å². The van der Waals surface area contributed by atoms with Crippen molar-refractivity contribution in [2.75, 3.05) is 20.3 Å². The van der Waals surface area contributed by atoms with E-state index in [0.717, 1.165) is 22.0 Å². The van der Waals surface area contributed by atoms with E-state index in [1.54, 1.807) is 12.0 Å². The Labute approximate surface area is 141 Å². The van der Waals surface area contributed by atoms with E-state index in [2.05, 4.69) is 10.2 Å². The van der Waals surface area contributed by atoms with Gasteiger partial charge in [-0.1, -0.05) is 42.0 Å². The van der Waals surface area contributed by atoms with Crippen LogP contribution in [0.1, 0.15) is 21.6 Å². The molecule has 0 aliphatic rings. The Hall–Kier alpha value is -2.66. The average molecular weight is 323 g/mol. The van der Waals surface area contributed by atoms with Crippen LogP contribution in [0, 0.1) is 6.92 Å². The zero-order chi connectivity index (χ0) is 16.9. The normalized spacial score (nSPS) is 10.9. The Bertz CT molecular complexity index is 827. The zero-order valence-electron chi connectivity index (χ0n) is 14.0. The van der Waals surface area contributed by atoms with Crippen molar-refractivity contribution in [3.8, 4) is 0 Å². The van der Waals surface area contributed by atoms with Crippen LogP contribution < -0.4 is 0 Å². The molecule has 0 radical (unpaired) electrons. The predicted molar refractivity (Wildman–Crippen MR) is 93.9 cm³/mol. The van der Waals surface area contributed by atoms with Gasteiger partial charge in [0.15, 0.2) is 5.69 Å². The minimum atomic E-state index is -0.0900. The molecule has 1 N–H and O–H groups in total. The third-order valence-corrected chi connectivity index (χ3v) is 3.99. The lowest BCUT2D eigenvalue weighted by atomic mass is 10.1. The van der Waals surface area contributed by atoms with Crippen LogP contribution >= 0.6 is 0 Å². The van der Waals surface area contributed by atoms with Crippen molar-refractivity contribution in [1.29, 1.82) is 0 Å². The fourth-order valence-corrected chi connectivity index (χ4v) is 2.70. The number of aryl methyl sites for hydroxylation is 1. The summed E-state index contributed by atoms with van der Waals surface area (Å²) in [4.78, 5) is 14.8. The van der Waals surface area contributed by atoms with E-state index in [1.165, 1.54) is 0 Å². The van der Waals surface area contributed by atoms with Gasteiger partial charge < -0.3 is 9.64 Å². The summed E-state index contributed by atoms with van der Waals surface area (Å²) >= 11 is 0. The number of aromatic nitrogens is 2. The number of nitrogens with one attached hydrogen (secondary N) is 1. The first-order chi connectivity index (χ1) is 11.7. The first-order valence-corrected chi connectivity index (χ1v) is 7.96.